The Kier molecular flexibility index (Phi) is 5.85. The van der Waals surface area contributed by atoms with Crippen LogP contribution >= 0.6 is 0 Å². The molecule has 0 aliphatic heterocycles. The molecule has 1 heterocycles. The van der Waals surface area contributed by atoms with E-state index in [-0.39, 0.29) is 23.4 Å². The quantitative estimate of drug-likeness (QED) is 0.383. The second kappa shape index (κ2) is 8.37. The normalized spacial score (nSPS) is 10.9. The van der Waals surface area contributed by atoms with Gasteiger partial charge in [-0.1, -0.05) is 42.5 Å². The van der Waals surface area contributed by atoms with Gasteiger partial charge in [0, 0.05) is 12.6 Å². The molecule has 2 aromatic carbocycles. The van der Waals surface area contributed by atoms with Gasteiger partial charge in [-0.2, -0.15) is 18.4 Å². The Morgan fingerprint density at radius 3 is 2.32 bits per heavy atom. The van der Waals surface area contributed by atoms with Crippen LogP contribution in [-0.2, 0) is 18.0 Å². The summed E-state index contributed by atoms with van der Waals surface area (Å²) in [6.45, 7) is 8.88. The molecule has 0 N–H and O–H groups in total. The van der Waals surface area contributed by atoms with Gasteiger partial charge in [-0.05, 0) is 29.7 Å². The molecular weight excluding hydrogens is 407 g/mol. The van der Waals surface area contributed by atoms with Gasteiger partial charge in [0.15, 0.2) is 0 Å². The number of aromatic nitrogens is 1. The van der Waals surface area contributed by atoms with Crippen LogP contribution in [0.3, 0.4) is 0 Å². The van der Waals surface area contributed by atoms with Crippen LogP contribution in [-0.4, -0.2) is 17.1 Å². The molecular formula is C23H16F3N3O2. The third-order valence-corrected chi connectivity index (χ3v) is 4.75. The van der Waals surface area contributed by atoms with E-state index < -0.39 is 23.5 Å². The van der Waals surface area contributed by atoms with Crippen molar-refractivity contribution in [1.82, 2.24) is 4.57 Å². The van der Waals surface area contributed by atoms with Crippen LogP contribution in [0.4, 0.5) is 18.9 Å². The fourth-order valence-electron chi connectivity index (χ4n) is 3.46. The highest BCUT2D eigenvalue weighted by Gasteiger charge is 2.42. The number of alkyl halides is 3. The molecule has 1 aromatic heterocycles. The summed E-state index contributed by atoms with van der Waals surface area (Å²) in [5.74, 6) is -0.945. The second-order valence-electron chi connectivity index (χ2n) is 6.54. The van der Waals surface area contributed by atoms with Gasteiger partial charge in [-0.3, -0.25) is 0 Å². The Morgan fingerprint density at radius 1 is 1.16 bits per heavy atom. The van der Waals surface area contributed by atoms with E-state index in [4.69, 9.17) is 11.3 Å². The number of benzene rings is 2. The summed E-state index contributed by atoms with van der Waals surface area (Å²) >= 11 is 0. The molecule has 0 fully saturated rings. The summed E-state index contributed by atoms with van der Waals surface area (Å²) in [6.07, 6.45) is -4.83. The van der Waals surface area contributed by atoms with Gasteiger partial charge >= 0.3 is 12.1 Å². The maximum atomic E-state index is 13.7. The van der Waals surface area contributed by atoms with Crippen molar-refractivity contribution in [2.24, 2.45) is 7.05 Å². The molecule has 0 saturated carbocycles. The van der Waals surface area contributed by atoms with Crippen LogP contribution in [0.15, 0.2) is 48.5 Å². The van der Waals surface area contributed by atoms with Crippen molar-refractivity contribution in [3.63, 3.8) is 0 Å². The maximum absolute atomic E-state index is 13.7. The number of ether oxygens (including phenoxy) is 1. The molecule has 3 aromatic rings. The molecule has 3 rings (SSSR count). The topological polar surface area (TPSA) is 59.4 Å². The lowest BCUT2D eigenvalue weighted by Gasteiger charge is -2.11. The smallest absolute Gasteiger partial charge is 0.421 e. The number of nitriles is 1. The number of carbonyl (C=O) groups excluding carboxylic acids is 1. The van der Waals surface area contributed by atoms with Gasteiger partial charge in [0.05, 0.1) is 24.8 Å². The summed E-state index contributed by atoms with van der Waals surface area (Å²) < 4.78 is 46.6. The zero-order chi connectivity index (χ0) is 22.8. The first kappa shape index (κ1) is 21.7. The Labute approximate surface area is 176 Å². The number of esters is 1. The molecule has 0 unspecified atom stereocenters. The van der Waals surface area contributed by atoms with Crippen molar-refractivity contribution < 1.29 is 22.7 Å². The summed E-state index contributed by atoms with van der Waals surface area (Å²) in [4.78, 5) is 15.6. The summed E-state index contributed by atoms with van der Waals surface area (Å²) in [5, 5.41) is 9.29. The maximum Gasteiger partial charge on any atom is 0.421 e. The predicted molar refractivity (Wildman–Crippen MR) is 108 cm³/mol. The number of carbonyl (C=O) groups is 1. The summed E-state index contributed by atoms with van der Waals surface area (Å²) in [6, 6.07) is 15.3. The van der Waals surface area contributed by atoms with Gasteiger partial charge in [0.25, 0.3) is 0 Å². The van der Waals surface area contributed by atoms with Gasteiger partial charge in [-0.15, -0.1) is 0 Å². The van der Waals surface area contributed by atoms with Gasteiger partial charge in [0.1, 0.15) is 11.4 Å². The van der Waals surface area contributed by atoms with E-state index in [1.165, 1.54) is 12.1 Å². The molecule has 0 aliphatic rings. The lowest BCUT2D eigenvalue weighted by Crippen LogP contribution is -2.16. The van der Waals surface area contributed by atoms with Crippen molar-refractivity contribution >= 4 is 11.7 Å². The number of rotatable bonds is 4. The van der Waals surface area contributed by atoms with Crippen molar-refractivity contribution in [2.75, 3.05) is 6.61 Å². The van der Waals surface area contributed by atoms with E-state index >= 15 is 0 Å². The van der Waals surface area contributed by atoms with Gasteiger partial charge < -0.3 is 9.30 Å². The highest BCUT2D eigenvalue weighted by molar-refractivity contribution is 6.02. The van der Waals surface area contributed by atoms with E-state index in [1.807, 2.05) is 0 Å². The van der Waals surface area contributed by atoms with Crippen LogP contribution < -0.4 is 0 Å². The van der Waals surface area contributed by atoms with Crippen molar-refractivity contribution in [1.29, 1.82) is 5.26 Å². The van der Waals surface area contributed by atoms with Crippen molar-refractivity contribution in [3.8, 4) is 28.3 Å². The molecule has 0 amide bonds. The molecule has 5 nitrogen and oxygen atoms in total. The Hall–Kier alpha value is -4.04. The third-order valence-electron chi connectivity index (χ3n) is 4.75. The first-order chi connectivity index (χ1) is 14.7. The molecule has 0 saturated heterocycles. The van der Waals surface area contributed by atoms with E-state index in [0.717, 1.165) is 7.05 Å². The average molecular weight is 423 g/mol. The first-order valence-corrected chi connectivity index (χ1v) is 9.18. The fraction of sp³-hybridized carbons (Fsp3) is 0.174. The van der Waals surface area contributed by atoms with Crippen molar-refractivity contribution in [2.45, 2.75) is 13.1 Å². The molecule has 0 spiro atoms. The minimum atomic E-state index is -4.83. The monoisotopic (exact) mass is 423 g/mol. The molecule has 8 heteroatoms. The molecule has 31 heavy (non-hydrogen) atoms. The largest absolute Gasteiger partial charge is 0.461 e. The lowest BCUT2D eigenvalue weighted by atomic mass is 9.97. The van der Waals surface area contributed by atoms with Crippen molar-refractivity contribution in [3.05, 3.63) is 76.9 Å². The number of hydrogen-bond acceptors (Lipinski definition) is 3. The highest BCUT2D eigenvalue weighted by atomic mass is 19.4. The van der Waals surface area contributed by atoms with E-state index in [1.54, 1.807) is 43.3 Å². The molecule has 0 atom stereocenters. The van der Waals surface area contributed by atoms with E-state index in [0.29, 0.717) is 21.3 Å². The summed E-state index contributed by atoms with van der Waals surface area (Å²) in [5.41, 5.74) is -0.301. The van der Waals surface area contributed by atoms with Crippen LogP contribution in [0, 0.1) is 17.9 Å². The second-order valence-corrected chi connectivity index (χ2v) is 6.54. The number of halogens is 3. The number of hydrogen-bond donors (Lipinski definition) is 0. The average Bonchev–Trinajstić information content (AvgIpc) is 3.06. The van der Waals surface area contributed by atoms with Crippen LogP contribution in [0.25, 0.3) is 27.1 Å². The molecule has 0 bridgehead atoms. The highest BCUT2D eigenvalue weighted by Crippen LogP contribution is 2.46. The number of nitrogens with zero attached hydrogens (tertiary/aromatic N) is 3. The lowest BCUT2D eigenvalue weighted by molar-refractivity contribution is -0.142. The Morgan fingerprint density at radius 2 is 1.77 bits per heavy atom. The van der Waals surface area contributed by atoms with E-state index in [9.17, 15) is 23.2 Å². The predicted octanol–water partition coefficient (Wildman–Crippen LogP) is 5.98. The Balaban J connectivity index is 2.24. The zero-order valence-electron chi connectivity index (χ0n) is 16.6. The Bertz CT molecular complexity index is 1230. The van der Waals surface area contributed by atoms with Crippen LogP contribution in [0.1, 0.15) is 28.7 Å². The summed E-state index contributed by atoms with van der Waals surface area (Å²) in [7, 11) is 1.09. The molecule has 156 valence electrons. The van der Waals surface area contributed by atoms with Crippen LogP contribution in [0.5, 0.6) is 0 Å². The van der Waals surface area contributed by atoms with Gasteiger partial charge in [0.2, 0.25) is 5.69 Å². The standard InChI is InChI=1S/C23H16F3N3O2/c1-4-31-22(30)20-18(19(28-2)21(29(20)3)23(24,25)26)15-11-9-14(10-12-15)17-8-6-5-7-16(17)13-27/h5-12H,4H2,1,3H3. The first-order valence-electron chi connectivity index (χ1n) is 9.18. The SMILES string of the molecule is [C-]#[N+]c1c(-c2ccc(-c3ccccc3C#N)cc2)c(C(=O)OCC)n(C)c1C(F)(F)F. The minimum absolute atomic E-state index is 0.0258. The minimum Gasteiger partial charge on any atom is -0.461 e. The van der Waals surface area contributed by atoms with Gasteiger partial charge in [-0.25, -0.2) is 9.64 Å². The fourth-order valence-corrected chi connectivity index (χ4v) is 3.46. The van der Waals surface area contributed by atoms with E-state index in [2.05, 4.69) is 10.9 Å². The molecule has 0 radical (unpaired) electrons. The third kappa shape index (κ3) is 3.88. The zero-order valence-corrected chi connectivity index (χ0v) is 16.6. The molecule has 0 aliphatic carbocycles. The van der Waals surface area contributed by atoms with Crippen LogP contribution in [0.2, 0.25) is 0 Å².